The summed E-state index contributed by atoms with van der Waals surface area (Å²) in [5, 5.41) is 2.65. The van der Waals surface area contributed by atoms with Crippen LogP contribution >= 0.6 is 0 Å². The van der Waals surface area contributed by atoms with Gasteiger partial charge in [0.25, 0.3) is 0 Å². The number of nitrogens with one attached hydrogen (secondary N) is 1. The Labute approximate surface area is 126 Å². The van der Waals surface area contributed by atoms with E-state index in [2.05, 4.69) is 5.32 Å². The number of anilines is 1. The van der Waals surface area contributed by atoms with Gasteiger partial charge in [0.2, 0.25) is 6.41 Å². The van der Waals surface area contributed by atoms with E-state index in [4.69, 9.17) is 14.0 Å². The minimum Gasteiger partial charge on any atom is -0.492 e. The SMILES string of the molecule is CCOc1ccc(B2OC(C)(C)C(C)(C)O2)cc1NC=O. The first-order chi connectivity index (χ1) is 9.80. The van der Waals surface area contributed by atoms with Gasteiger partial charge in [0.1, 0.15) is 5.75 Å². The third-order valence-corrected chi connectivity index (χ3v) is 4.04. The normalized spacial score (nSPS) is 19.4. The van der Waals surface area contributed by atoms with Crippen LogP contribution in [0.5, 0.6) is 5.75 Å². The molecule has 1 N–H and O–H groups in total. The van der Waals surface area contributed by atoms with Gasteiger partial charge in [0.15, 0.2) is 0 Å². The number of hydrogen-bond donors (Lipinski definition) is 1. The summed E-state index contributed by atoms with van der Waals surface area (Å²) in [5.74, 6) is 0.630. The second-order valence-electron chi connectivity index (χ2n) is 6.04. The molecule has 0 unspecified atom stereocenters. The van der Waals surface area contributed by atoms with Crippen LogP contribution in [0.15, 0.2) is 18.2 Å². The molecule has 114 valence electrons. The maximum absolute atomic E-state index is 10.7. The van der Waals surface area contributed by atoms with Crippen molar-refractivity contribution in [2.75, 3.05) is 11.9 Å². The average molecular weight is 291 g/mol. The van der Waals surface area contributed by atoms with E-state index in [0.29, 0.717) is 24.5 Å². The molecule has 2 rings (SSSR count). The van der Waals surface area contributed by atoms with Crippen molar-refractivity contribution in [3.63, 3.8) is 0 Å². The van der Waals surface area contributed by atoms with Crippen molar-refractivity contribution in [2.24, 2.45) is 0 Å². The third kappa shape index (κ3) is 3.06. The fraction of sp³-hybridized carbons (Fsp3) is 0.533. The fourth-order valence-electron chi connectivity index (χ4n) is 2.13. The van der Waals surface area contributed by atoms with Crippen LogP contribution in [0.25, 0.3) is 0 Å². The van der Waals surface area contributed by atoms with Crippen LogP contribution in [0.1, 0.15) is 34.6 Å². The maximum Gasteiger partial charge on any atom is 0.494 e. The lowest BCUT2D eigenvalue weighted by Gasteiger charge is -2.32. The van der Waals surface area contributed by atoms with Gasteiger partial charge in [0, 0.05) is 0 Å². The molecule has 0 saturated carbocycles. The van der Waals surface area contributed by atoms with Gasteiger partial charge in [-0.05, 0) is 52.2 Å². The summed E-state index contributed by atoms with van der Waals surface area (Å²) >= 11 is 0. The van der Waals surface area contributed by atoms with Crippen molar-refractivity contribution in [3.8, 4) is 5.75 Å². The largest absolute Gasteiger partial charge is 0.494 e. The van der Waals surface area contributed by atoms with Crippen molar-refractivity contribution in [1.82, 2.24) is 0 Å². The summed E-state index contributed by atoms with van der Waals surface area (Å²) in [5.41, 5.74) is 0.670. The Balaban J connectivity index is 2.29. The van der Waals surface area contributed by atoms with Crippen LogP contribution in [-0.2, 0) is 14.1 Å². The zero-order valence-corrected chi connectivity index (χ0v) is 13.2. The van der Waals surface area contributed by atoms with E-state index in [1.54, 1.807) is 0 Å². The van der Waals surface area contributed by atoms with E-state index in [-0.39, 0.29) is 0 Å². The molecular weight excluding hydrogens is 269 g/mol. The molecule has 0 radical (unpaired) electrons. The van der Waals surface area contributed by atoms with Crippen molar-refractivity contribution in [3.05, 3.63) is 18.2 Å². The van der Waals surface area contributed by atoms with Gasteiger partial charge in [-0.3, -0.25) is 4.79 Å². The van der Waals surface area contributed by atoms with E-state index in [1.807, 2.05) is 52.8 Å². The highest BCUT2D eigenvalue weighted by atomic mass is 16.7. The summed E-state index contributed by atoms with van der Waals surface area (Å²) in [4.78, 5) is 10.7. The first-order valence-corrected chi connectivity index (χ1v) is 7.13. The van der Waals surface area contributed by atoms with Crippen molar-refractivity contribution in [1.29, 1.82) is 0 Å². The van der Waals surface area contributed by atoms with E-state index in [0.717, 1.165) is 5.46 Å². The molecule has 1 amide bonds. The predicted octanol–water partition coefficient (Wildman–Crippen LogP) is 1.95. The van der Waals surface area contributed by atoms with E-state index >= 15 is 0 Å². The van der Waals surface area contributed by atoms with Crippen LogP contribution < -0.4 is 15.5 Å². The topological polar surface area (TPSA) is 56.8 Å². The monoisotopic (exact) mass is 291 g/mol. The van der Waals surface area contributed by atoms with Gasteiger partial charge >= 0.3 is 7.12 Å². The minimum atomic E-state index is -0.460. The summed E-state index contributed by atoms with van der Waals surface area (Å²) in [7, 11) is -0.460. The van der Waals surface area contributed by atoms with Gasteiger partial charge < -0.3 is 19.4 Å². The number of ether oxygens (including phenoxy) is 1. The fourth-order valence-corrected chi connectivity index (χ4v) is 2.13. The molecule has 1 aromatic rings. The predicted molar refractivity (Wildman–Crippen MR) is 83.0 cm³/mol. The zero-order chi connectivity index (χ0) is 15.7. The van der Waals surface area contributed by atoms with Gasteiger partial charge in [-0.2, -0.15) is 0 Å². The highest BCUT2D eigenvalue weighted by Crippen LogP contribution is 2.37. The Hall–Kier alpha value is -1.53. The minimum absolute atomic E-state index is 0.394. The van der Waals surface area contributed by atoms with Crippen LogP contribution in [-0.4, -0.2) is 31.3 Å². The average Bonchev–Trinajstić information content (AvgIpc) is 2.61. The summed E-state index contributed by atoms with van der Waals surface area (Å²) in [6, 6.07) is 5.53. The molecule has 21 heavy (non-hydrogen) atoms. The standard InChI is InChI=1S/C15H22BNO4/c1-6-19-13-8-7-11(9-12(13)17-10-18)16-20-14(2,3)15(4,5)21-16/h7-10H,6H2,1-5H3,(H,17,18). The molecule has 1 aliphatic rings. The second-order valence-corrected chi connectivity index (χ2v) is 6.04. The summed E-state index contributed by atoms with van der Waals surface area (Å²) in [6.45, 7) is 10.5. The Morgan fingerprint density at radius 2 is 1.86 bits per heavy atom. The number of hydrogen-bond acceptors (Lipinski definition) is 4. The number of amides is 1. The molecule has 0 spiro atoms. The molecule has 0 bridgehead atoms. The number of rotatable bonds is 5. The summed E-state index contributed by atoms with van der Waals surface area (Å²) < 4.78 is 17.5. The lowest BCUT2D eigenvalue weighted by atomic mass is 9.79. The smallest absolute Gasteiger partial charge is 0.492 e. The van der Waals surface area contributed by atoms with Gasteiger partial charge in [-0.1, -0.05) is 6.07 Å². The van der Waals surface area contributed by atoms with Crippen molar-refractivity contribution < 1.29 is 18.8 Å². The Kier molecular flexibility index (Phi) is 4.30. The van der Waals surface area contributed by atoms with E-state index in [1.165, 1.54) is 0 Å². The van der Waals surface area contributed by atoms with Crippen LogP contribution in [0.4, 0.5) is 5.69 Å². The molecule has 0 aromatic heterocycles. The van der Waals surface area contributed by atoms with Crippen LogP contribution in [0.3, 0.4) is 0 Å². The molecule has 6 heteroatoms. The van der Waals surface area contributed by atoms with Gasteiger partial charge in [0.05, 0.1) is 23.5 Å². The van der Waals surface area contributed by atoms with E-state index < -0.39 is 18.3 Å². The lowest BCUT2D eigenvalue weighted by molar-refractivity contribution is -0.105. The molecular formula is C15H22BNO4. The first kappa shape index (κ1) is 15.9. The Morgan fingerprint density at radius 1 is 1.24 bits per heavy atom. The molecule has 1 aliphatic heterocycles. The van der Waals surface area contributed by atoms with Gasteiger partial charge in [-0.15, -0.1) is 0 Å². The molecule has 1 heterocycles. The zero-order valence-electron chi connectivity index (χ0n) is 13.2. The Bertz CT molecular complexity index is 514. The number of carbonyl (C=O) groups is 1. The molecule has 1 fully saturated rings. The van der Waals surface area contributed by atoms with Crippen LogP contribution in [0.2, 0.25) is 0 Å². The summed E-state index contributed by atoms with van der Waals surface area (Å²) in [6.07, 6.45) is 0.631. The molecule has 0 atom stereocenters. The van der Waals surface area contributed by atoms with Crippen molar-refractivity contribution in [2.45, 2.75) is 45.8 Å². The van der Waals surface area contributed by atoms with Crippen molar-refractivity contribution >= 4 is 24.7 Å². The van der Waals surface area contributed by atoms with Gasteiger partial charge in [-0.25, -0.2) is 0 Å². The molecule has 1 saturated heterocycles. The number of carbonyl (C=O) groups excluding carboxylic acids is 1. The maximum atomic E-state index is 10.7. The lowest BCUT2D eigenvalue weighted by Crippen LogP contribution is -2.41. The highest BCUT2D eigenvalue weighted by molar-refractivity contribution is 6.62. The molecule has 1 aromatic carbocycles. The quantitative estimate of drug-likeness (QED) is 0.665. The second kappa shape index (κ2) is 5.69. The first-order valence-electron chi connectivity index (χ1n) is 7.13. The molecule has 5 nitrogen and oxygen atoms in total. The molecule has 0 aliphatic carbocycles. The van der Waals surface area contributed by atoms with Crippen LogP contribution in [0, 0.1) is 0 Å². The third-order valence-electron chi connectivity index (χ3n) is 4.04. The number of benzene rings is 1. The highest BCUT2D eigenvalue weighted by Gasteiger charge is 2.51. The van der Waals surface area contributed by atoms with E-state index in [9.17, 15) is 4.79 Å². The Morgan fingerprint density at radius 3 is 2.38 bits per heavy atom.